The van der Waals surface area contributed by atoms with E-state index in [-0.39, 0.29) is 5.92 Å². The van der Waals surface area contributed by atoms with Gasteiger partial charge in [-0.1, -0.05) is 72.7 Å². The molecule has 0 aliphatic carbocycles. The highest BCUT2D eigenvalue weighted by molar-refractivity contribution is 5.77. The quantitative estimate of drug-likeness (QED) is 0.505. The lowest BCUT2D eigenvalue weighted by Gasteiger charge is -2.07. The third kappa shape index (κ3) is 4.92. The maximum atomic E-state index is 5.93. The molecule has 3 N–H and O–H groups in total. The molecule has 1 heterocycles. The average Bonchev–Trinajstić information content (AvgIpc) is 3.18. The van der Waals surface area contributed by atoms with Crippen LogP contribution in [0.2, 0.25) is 0 Å². The van der Waals surface area contributed by atoms with Gasteiger partial charge in [0.15, 0.2) is 5.96 Å². The van der Waals surface area contributed by atoms with Crippen LogP contribution in [0.4, 0.5) is 0 Å². The Hall–Kier alpha value is -3.15. The molecule has 0 amide bonds. The summed E-state index contributed by atoms with van der Waals surface area (Å²) >= 11 is 0. The molecule has 134 valence electrons. The van der Waals surface area contributed by atoms with Gasteiger partial charge in [0.25, 0.3) is 0 Å². The van der Waals surface area contributed by atoms with Crippen LogP contribution in [0.1, 0.15) is 24.3 Å². The molecule has 6 nitrogen and oxygen atoms in total. The van der Waals surface area contributed by atoms with E-state index in [0.717, 1.165) is 18.5 Å². The van der Waals surface area contributed by atoms with Crippen molar-refractivity contribution in [1.82, 2.24) is 15.5 Å². The van der Waals surface area contributed by atoms with Crippen molar-refractivity contribution in [2.45, 2.75) is 19.3 Å². The summed E-state index contributed by atoms with van der Waals surface area (Å²) in [7, 11) is 0. The number of nitrogens with zero attached hydrogens (tertiary/aromatic N) is 3. The van der Waals surface area contributed by atoms with Crippen molar-refractivity contribution in [1.29, 1.82) is 0 Å². The second-order valence-electron chi connectivity index (χ2n) is 6.11. The van der Waals surface area contributed by atoms with Crippen molar-refractivity contribution in [3.8, 4) is 11.4 Å². The summed E-state index contributed by atoms with van der Waals surface area (Å²) in [6.45, 7) is 3.22. The number of nitrogens with one attached hydrogen (secondary N) is 1. The maximum absolute atomic E-state index is 5.93. The van der Waals surface area contributed by atoms with Gasteiger partial charge in [-0.2, -0.15) is 4.98 Å². The third-order valence-corrected chi connectivity index (χ3v) is 3.99. The van der Waals surface area contributed by atoms with Crippen LogP contribution in [-0.2, 0) is 6.42 Å². The maximum Gasteiger partial charge on any atom is 0.231 e. The fourth-order valence-corrected chi connectivity index (χ4v) is 2.49. The number of aliphatic imine (C=N–C) groups is 1. The zero-order chi connectivity index (χ0) is 18.2. The van der Waals surface area contributed by atoms with E-state index in [1.54, 1.807) is 0 Å². The molecule has 6 heteroatoms. The monoisotopic (exact) mass is 349 g/mol. The summed E-state index contributed by atoms with van der Waals surface area (Å²) < 4.78 is 5.36. The molecule has 0 radical (unpaired) electrons. The number of aromatic nitrogens is 2. The Labute approximate surface area is 153 Å². The van der Waals surface area contributed by atoms with E-state index in [9.17, 15) is 0 Å². The highest BCUT2D eigenvalue weighted by atomic mass is 16.5. The predicted molar refractivity (Wildman–Crippen MR) is 103 cm³/mol. The lowest BCUT2D eigenvalue weighted by molar-refractivity contribution is 0.361. The van der Waals surface area contributed by atoms with E-state index in [0.29, 0.717) is 24.2 Å². The highest BCUT2D eigenvalue weighted by Crippen LogP contribution is 2.19. The van der Waals surface area contributed by atoms with Crippen LogP contribution in [0.15, 0.2) is 70.2 Å². The number of rotatable bonds is 7. The molecule has 0 aliphatic rings. The Morgan fingerprint density at radius 3 is 2.54 bits per heavy atom. The van der Waals surface area contributed by atoms with Gasteiger partial charge in [0.1, 0.15) is 0 Å². The van der Waals surface area contributed by atoms with Gasteiger partial charge >= 0.3 is 0 Å². The van der Waals surface area contributed by atoms with Crippen LogP contribution < -0.4 is 11.1 Å². The first-order chi connectivity index (χ1) is 12.7. The highest BCUT2D eigenvalue weighted by Gasteiger charge is 2.15. The lowest BCUT2D eigenvalue weighted by atomic mass is 10.1. The Morgan fingerprint density at radius 1 is 1.12 bits per heavy atom. The Bertz CT molecular complexity index is 830. The minimum atomic E-state index is -0.00515. The number of nitrogens with two attached hydrogens (primary N) is 1. The van der Waals surface area contributed by atoms with E-state index in [1.165, 1.54) is 5.56 Å². The number of guanidine groups is 1. The van der Waals surface area contributed by atoms with Gasteiger partial charge in [0.2, 0.25) is 11.7 Å². The van der Waals surface area contributed by atoms with Gasteiger partial charge in [0, 0.05) is 12.1 Å². The van der Waals surface area contributed by atoms with Crippen molar-refractivity contribution in [2.24, 2.45) is 10.7 Å². The summed E-state index contributed by atoms with van der Waals surface area (Å²) in [5.41, 5.74) is 8.13. The smallest absolute Gasteiger partial charge is 0.231 e. The van der Waals surface area contributed by atoms with Crippen molar-refractivity contribution < 1.29 is 4.52 Å². The minimum Gasteiger partial charge on any atom is -0.370 e. The summed E-state index contributed by atoms with van der Waals surface area (Å²) in [5.74, 6) is 1.57. The first kappa shape index (κ1) is 17.7. The molecule has 3 aromatic rings. The van der Waals surface area contributed by atoms with E-state index in [4.69, 9.17) is 10.3 Å². The normalized spacial score (nSPS) is 12.7. The number of hydrogen-bond donors (Lipinski definition) is 2. The van der Waals surface area contributed by atoms with E-state index in [2.05, 4.69) is 32.6 Å². The predicted octanol–water partition coefficient (Wildman–Crippen LogP) is 2.99. The number of hydrogen-bond acceptors (Lipinski definition) is 4. The van der Waals surface area contributed by atoms with Crippen molar-refractivity contribution in [3.63, 3.8) is 0 Å². The molecule has 2 aromatic carbocycles. The van der Waals surface area contributed by atoms with Crippen LogP contribution in [0, 0.1) is 0 Å². The third-order valence-electron chi connectivity index (χ3n) is 3.99. The van der Waals surface area contributed by atoms with Gasteiger partial charge in [-0.25, -0.2) is 0 Å². The topological polar surface area (TPSA) is 89.3 Å². The lowest BCUT2D eigenvalue weighted by Crippen LogP contribution is -2.33. The Balaban J connectivity index is 1.49. The largest absolute Gasteiger partial charge is 0.370 e. The van der Waals surface area contributed by atoms with Crippen molar-refractivity contribution >= 4 is 5.96 Å². The van der Waals surface area contributed by atoms with Crippen LogP contribution in [0.25, 0.3) is 11.4 Å². The molecular weight excluding hydrogens is 326 g/mol. The zero-order valence-electron chi connectivity index (χ0n) is 14.8. The van der Waals surface area contributed by atoms with Crippen molar-refractivity contribution in [3.05, 3.63) is 72.1 Å². The molecule has 1 unspecified atom stereocenters. The van der Waals surface area contributed by atoms with E-state index in [1.807, 2.05) is 55.5 Å². The minimum absolute atomic E-state index is 0.00515. The van der Waals surface area contributed by atoms with Crippen LogP contribution in [-0.4, -0.2) is 29.2 Å². The van der Waals surface area contributed by atoms with E-state index < -0.39 is 0 Å². The zero-order valence-corrected chi connectivity index (χ0v) is 14.8. The molecule has 0 bridgehead atoms. The molecular formula is C20H23N5O. The molecule has 0 aliphatic heterocycles. The van der Waals surface area contributed by atoms with Gasteiger partial charge in [-0.3, -0.25) is 4.99 Å². The fourth-order valence-electron chi connectivity index (χ4n) is 2.49. The van der Waals surface area contributed by atoms with E-state index >= 15 is 0 Å². The summed E-state index contributed by atoms with van der Waals surface area (Å²) in [6, 6.07) is 20.0. The summed E-state index contributed by atoms with van der Waals surface area (Å²) in [6.07, 6.45) is 0.900. The number of benzene rings is 2. The van der Waals surface area contributed by atoms with Gasteiger partial charge in [-0.05, 0) is 12.0 Å². The molecule has 1 aromatic heterocycles. The van der Waals surface area contributed by atoms with Crippen LogP contribution in [0.3, 0.4) is 0 Å². The second kappa shape index (κ2) is 8.80. The summed E-state index contributed by atoms with van der Waals surface area (Å²) in [5, 5.41) is 7.17. The van der Waals surface area contributed by atoms with Gasteiger partial charge in [-0.15, -0.1) is 0 Å². The van der Waals surface area contributed by atoms with Crippen LogP contribution in [0.5, 0.6) is 0 Å². The first-order valence-electron chi connectivity index (χ1n) is 8.69. The molecule has 0 spiro atoms. The fraction of sp³-hybridized carbons (Fsp3) is 0.250. The van der Waals surface area contributed by atoms with Gasteiger partial charge < -0.3 is 15.6 Å². The molecule has 0 fully saturated rings. The van der Waals surface area contributed by atoms with Crippen LogP contribution >= 0.6 is 0 Å². The standard InChI is InChI=1S/C20H23N5O/c1-15(19-24-18(25-26-19)17-10-6-3-7-11-17)14-23-20(21)22-13-12-16-8-4-2-5-9-16/h2-11,15H,12-14H2,1H3,(H3,21,22,23). The molecule has 0 saturated heterocycles. The molecule has 3 rings (SSSR count). The van der Waals surface area contributed by atoms with Gasteiger partial charge in [0.05, 0.1) is 12.5 Å². The molecule has 0 saturated carbocycles. The molecule has 26 heavy (non-hydrogen) atoms. The summed E-state index contributed by atoms with van der Waals surface area (Å²) in [4.78, 5) is 8.82. The SMILES string of the molecule is CC(CN=C(N)NCCc1ccccc1)c1nc(-c2ccccc2)no1. The Morgan fingerprint density at radius 2 is 1.81 bits per heavy atom. The van der Waals surface area contributed by atoms with Crippen molar-refractivity contribution in [2.75, 3.05) is 13.1 Å². The first-order valence-corrected chi connectivity index (χ1v) is 8.69. The second-order valence-corrected chi connectivity index (χ2v) is 6.11. The molecule has 1 atom stereocenters. The average molecular weight is 349 g/mol. The Kier molecular flexibility index (Phi) is 5.98.